The first kappa shape index (κ1) is 9.21. The van der Waals surface area contributed by atoms with Crippen molar-refractivity contribution in [3.05, 3.63) is 46.7 Å². The highest BCUT2D eigenvalue weighted by Gasteiger charge is 1.98. The van der Waals surface area contributed by atoms with Gasteiger partial charge in [0, 0.05) is 5.02 Å². The van der Waals surface area contributed by atoms with Gasteiger partial charge in [-0.2, -0.15) is 15.4 Å². The Bertz CT molecular complexity index is 398. The molecule has 1 heterocycles. The second-order valence-electron chi connectivity index (χ2n) is 3.09. The van der Waals surface area contributed by atoms with Gasteiger partial charge < -0.3 is 0 Å². The molecule has 0 unspecified atom stereocenters. The Morgan fingerprint density at radius 2 is 2.21 bits per heavy atom. The van der Waals surface area contributed by atoms with Crippen LogP contribution in [0.15, 0.2) is 30.5 Å². The molecule has 0 aliphatic heterocycles. The summed E-state index contributed by atoms with van der Waals surface area (Å²) in [6.07, 6.45) is 3.56. The number of rotatable bonds is 3. The van der Waals surface area contributed by atoms with Crippen molar-refractivity contribution in [3.63, 3.8) is 0 Å². The Labute approximate surface area is 87.1 Å². The van der Waals surface area contributed by atoms with Gasteiger partial charge in [-0.05, 0) is 30.5 Å². The molecule has 1 N–H and O–H groups in total. The van der Waals surface area contributed by atoms with E-state index in [4.69, 9.17) is 11.6 Å². The number of hydrogen-bond donors (Lipinski definition) is 1. The van der Waals surface area contributed by atoms with E-state index in [0.717, 1.165) is 23.6 Å². The molecule has 1 aromatic heterocycles. The standard InChI is InChI=1S/C10H10ClN3/c11-9-3-1-2-8(6-9)4-5-10-7-12-14-13-10/h1-3,6-7H,4-5H2,(H,12,13,14). The van der Waals surface area contributed by atoms with Gasteiger partial charge in [-0.1, -0.05) is 23.7 Å². The monoisotopic (exact) mass is 207 g/mol. The van der Waals surface area contributed by atoms with E-state index in [2.05, 4.69) is 21.5 Å². The van der Waals surface area contributed by atoms with Gasteiger partial charge in [0.1, 0.15) is 0 Å². The summed E-state index contributed by atoms with van der Waals surface area (Å²) in [6.45, 7) is 0. The van der Waals surface area contributed by atoms with E-state index in [9.17, 15) is 0 Å². The minimum absolute atomic E-state index is 0.780. The van der Waals surface area contributed by atoms with E-state index < -0.39 is 0 Å². The van der Waals surface area contributed by atoms with Gasteiger partial charge in [-0.25, -0.2) is 0 Å². The summed E-state index contributed by atoms with van der Waals surface area (Å²) in [4.78, 5) is 0. The molecular formula is C10H10ClN3. The predicted molar refractivity (Wildman–Crippen MR) is 55.2 cm³/mol. The van der Waals surface area contributed by atoms with Crippen molar-refractivity contribution < 1.29 is 0 Å². The van der Waals surface area contributed by atoms with E-state index in [1.54, 1.807) is 6.20 Å². The summed E-state index contributed by atoms with van der Waals surface area (Å²) < 4.78 is 0. The average molecular weight is 208 g/mol. The molecule has 0 atom stereocenters. The van der Waals surface area contributed by atoms with Crippen molar-refractivity contribution in [1.29, 1.82) is 0 Å². The normalized spacial score (nSPS) is 10.4. The summed E-state index contributed by atoms with van der Waals surface area (Å²) >= 11 is 5.87. The topological polar surface area (TPSA) is 41.6 Å². The van der Waals surface area contributed by atoms with Crippen LogP contribution < -0.4 is 0 Å². The van der Waals surface area contributed by atoms with Gasteiger partial charge in [0.25, 0.3) is 0 Å². The van der Waals surface area contributed by atoms with E-state index in [1.165, 1.54) is 5.56 Å². The number of H-pyrrole nitrogens is 1. The maximum absolute atomic E-state index is 5.87. The van der Waals surface area contributed by atoms with Crippen molar-refractivity contribution in [3.8, 4) is 0 Å². The maximum Gasteiger partial charge on any atom is 0.0828 e. The van der Waals surface area contributed by atoms with Crippen LogP contribution >= 0.6 is 11.6 Å². The molecule has 0 spiro atoms. The summed E-state index contributed by atoms with van der Waals surface area (Å²) in [5.74, 6) is 0. The van der Waals surface area contributed by atoms with Gasteiger partial charge in [-0.3, -0.25) is 0 Å². The Kier molecular flexibility index (Phi) is 2.79. The van der Waals surface area contributed by atoms with Crippen LogP contribution in [0.4, 0.5) is 0 Å². The van der Waals surface area contributed by atoms with Crippen molar-refractivity contribution in [2.24, 2.45) is 0 Å². The number of halogens is 1. The fourth-order valence-corrected chi connectivity index (χ4v) is 1.52. The second-order valence-corrected chi connectivity index (χ2v) is 3.53. The Balaban J connectivity index is 1.98. The molecule has 0 amide bonds. The molecule has 0 fully saturated rings. The molecule has 0 aliphatic carbocycles. The highest BCUT2D eigenvalue weighted by atomic mass is 35.5. The van der Waals surface area contributed by atoms with Crippen molar-refractivity contribution in [2.75, 3.05) is 0 Å². The number of aryl methyl sites for hydroxylation is 2. The lowest BCUT2D eigenvalue weighted by Gasteiger charge is -1.98. The third-order valence-corrected chi connectivity index (χ3v) is 2.26. The third kappa shape index (κ3) is 2.33. The van der Waals surface area contributed by atoms with E-state index in [1.807, 2.05) is 18.2 Å². The van der Waals surface area contributed by atoms with Crippen LogP contribution in [-0.2, 0) is 12.8 Å². The highest BCUT2D eigenvalue weighted by Crippen LogP contribution is 2.12. The Morgan fingerprint density at radius 1 is 1.29 bits per heavy atom. The van der Waals surface area contributed by atoms with Gasteiger partial charge in [0.2, 0.25) is 0 Å². The van der Waals surface area contributed by atoms with Crippen LogP contribution in [0.1, 0.15) is 11.3 Å². The second kappa shape index (κ2) is 4.24. The number of hydrogen-bond acceptors (Lipinski definition) is 2. The number of aromatic nitrogens is 3. The molecule has 4 heteroatoms. The molecular weight excluding hydrogens is 198 g/mol. The molecule has 2 rings (SSSR count). The molecule has 0 radical (unpaired) electrons. The Morgan fingerprint density at radius 3 is 2.93 bits per heavy atom. The smallest absolute Gasteiger partial charge is 0.0828 e. The predicted octanol–water partition coefficient (Wildman–Crippen LogP) is 2.24. The van der Waals surface area contributed by atoms with Gasteiger partial charge in [0.05, 0.1) is 11.9 Å². The molecule has 1 aromatic carbocycles. The van der Waals surface area contributed by atoms with E-state index in [0.29, 0.717) is 0 Å². The molecule has 0 saturated carbocycles. The summed E-state index contributed by atoms with van der Waals surface area (Å²) in [5.41, 5.74) is 2.20. The van der Waals surface area contributed by atoms with Crippen molar-refractivity contribution in [1.82, 2.24) is 15.4 Å². The molecule has 14 heavy (non-hydrogen) atoms. The van der Waals surface area contributed by atoms with Crippen LogP contribution in [0.25, 0.3) is 0 Å². The minimum Gasteiger partial charge on any atom is -0.198 e. The van der Waals surface area contributed by atoms with Gasteiger partial charge >= 0.3 is 0 Å². The first-order valence-corrected chi connectivity index (χ1v) is 4.81. The lowest BCUT2D eigenvalue weighted by molar-refractivity contribution is 0.871. The number of nitrogens with one attached hydrogen (secondary N) is 1. The quantitative estimate of drug-likeness (QED) is 0.839. The maximum atomic E-state index is 5.87. The van der Waals surface area contributed by atoms with Crippen LogP contribution in [0.5, 0.6) is 0 Å². The molecule has 0 bridgehead atoms. The summed E-state index contributed by atoms with van der Waals surface area (Å²) in [5, 5.41) is 11.1. The molecule has 0 aliphatic rings. The van der Waals surface area contributed by atoms with Gasteiger partial charge in [-0.15, -0.1) is 0 Å². The molecule has 72 valence electrons. The van der Waals surface area contributed by atoms with Crippen molar-refractivity contribution in [2.45, 2.75) is 12.8 Å². The molecule has 2 aromatic rings. The first-order valence-electron chi connectivity index (χ1n) is 4.44. The third-order valence-electron chi connectivity index (χ3n) is 2.02. The van der Waals surface area contributed by atoms with Crippen LogP contribution in [0.3, 0.4) is 0 Å². The van der Waals surface area contributed by atoms with Crippen molar-refractivity contribution >= 4 is 11.6 Å². The fraction of sp³-hybridized carbons (Fsp3) is 0.200. The average Bonchev–Trinajstić information content (AvgIpc) is 2.67. The fourth-order valence-electron chi connectivity index (χ4n) is 1.31. The van der Waals surface area contributed by atoms with Gasteiger partial charge in [0.15, 0.2) is 0 Å². The summed E-state index contributed by atoms with van der Waals surface area (Å²) in [6, 6.07) is 7.87. The molecule has 3 nitrogen and oxygen atoms in total. The minimum atomic E-state index is 0.780. The molecule has 0 saturated heterocycles. The summed E-state index contributed by atoms with van der Waals surface area (Å²) in [7, 11) is 0. The SMILES string of the molecule is Clc1cccc(CCc2cn[nH]n2)c1. The number of aromatic amines is 1. The van der Waals surface area contributed by atoms with E-state index >= 15 is 0 Å². The van der Waals surface area contributed by atoms with E-state index in [-0.39, 0.29) is 0 Å². The zero-order valence-corrected chi connectivity index (χ0v) is 8.33. The highest BCUT2D eigenvalue weighted by molar-refractivity contribution is 6.30. The lowest BCUT2D eigenvalue weighted by atomic mass is 10.1. The lowest BCUT2D eigenvalue weighted by Crippen LogP contribution is -1.91. The number of nitrogens with zero attached hydrogens (tertiary/aromatic N) is 2. The van der Waals surface area contributed by atoms with Crippen LogP contribution in [0.2, 0.25) is 5.02 Å². The largest absolute Gasteiger partial charge is 0.198 e. The number of benzene rings is 1. The Hall–Kier alpha value is -1.35. The van der Waals surface area contributed by atoms with Crippen LogP contribution in [0, 0.1) is 0 Å². The zero-order valence-electron chi connectivity index (χ0n) is 7.57. The first-order chi connectivity index (χ1) is 6.84. The zero-order chi connectivity index (χ0) is 9.80. The van der Waals surface area contributed by atoms with Crippen LogP contribution in [-0.4, -0.2) is 15.4 Å².